The summed E-state index contributed by atoms with van der Waals surface area (Å²) in [5.74, 6) is 0.175. The van der Waals surface area contributed by atoms with E-state index in [1.54, 1.807) is 19.2 Å². The predicted octanol–water partition coefficient (Wildman–Crippen LogP) is 2.61. The van der Waals surface area contributed by atoms with Crippen molar-refractivity contribution >= 4 is 27.5 Å². The van der Waals surface area contributed by atoms with Crippen molar-refractivity contribution in [2.24, 2.45) is 0 Å². The minimum atomic E-state index is -0.723. The Hall–Kier alpha value is -1.36. The third-order valence-corrected chi connectivity index (χ3v) is 3.51. The van der Waals surface area contributed by atoms with Gasteiger partial charge in [0.25, 0.3) is 0 Å². The van der Waals surface area contributed by atoms with Gasteiger partial charge in [0.05, 0.1) is 14.2 Å². The molecule has 1 unspecified atom stereocenters. The zero-order chi connectivity index (χ0) is 13.9. The van der Waals surface area contributed by atoms with Crippen molar-refractivity contribution in [2.75, 3.05) is 14.2 Å². The smallest absolute Gasteiger partial charge is 0.216 e. The number of hydrogen-bond acceptors (Lipinski definition) is 4. The van der Waals surface area contributed by atoms with Crippen molar-refractivity contribution in [1.29, 1.82) is 0 Å². The van der Waals surface area contributed by atoms with Crippen LogP contribution in [0, 0.1) is 6.92 Å². The molecule has 0 aromatic heterocycles. The summed E-state index contributed by atoms with van der Waals surface area (Å²) >= 11 is 3.23. The lowest BCUT2D eigenvalue weighted by Crippen LogP contribution is -2.16. The summed E-state index contributed by atoms with van der Waals surface area (Å²) in [4.78, 5) is 22.1. The van der Waals surface area contributed by atoms with Gasteiger partial charge in [0, 0.05) is 12.5 Å². The van der Waals surface area contributed by atoms with Gasteiger partial charge in [-0.05, 0) is 24.6 Å². The molecule has 1 aromatic rings. The second-order valence-electron chi connectivity index (χ2n) is 3.85. The van der Waals surface area contributed by atoms with E-state index in [2.05, 4.69) is 15.9 Å². The van der Waals surface area contributed by atoms with Crippen molar-refractivity contribution in [2.45, 2.75) is 18.7 Å². The highest BCUT2D eigenvalue weighted by atomic mass is 79.9. The summed E-state index contributed by atoms with van der Waals surface area (Å²) < 4.78 is 10.4. The zero-order valence-corrected chi connectivity index (χ0v) is 12.3. The van der Waals surface area contributed by atoms with E-state index in [1.807, 2.05) is 6.92 Å². The number of rotatable bonds is 5. The van der Waals surface area contributed by atoms with E-state index in [-0.39, 0.29) is 0 Å². The van der Waals surface area contributed by atoms with Gasteiger partial charge in [-0.1, -0.05) is 15.9 Å². The minimum Gasteiger partial charge on any atom is -0.496 e. The number of Topliss-reactive ketones (excluding diaryl/α,β-unsaturated/α-hetero) is 2. The third kappa shape index (κ3) is 2.90. The summed E-state index contributed by atoms with van der Waals surface area (Å²) in [6.45, 7) is 3.12. The fraction of sp³-hybridized carbons (Fsp3) is 0.385. The van der Waals surface area contributed by atoms with E-state index in [9.17, 15) is 9.59 Å². The number of alkyl halides is 1. The molecule has 0 aliphatic heterocycles. The molecule has 1 aromatic carbocycles. The van der Waals surface area contributed by atoms with Crippen molar-refractivity contribution in [3.05, 3.63) is 23.3 Å². The molecule has 5 heteroatoms. The molecule has 0 radical (unpaired) electrons. The maximum absolute atomic E-state index is 11.7. The lowest BCUT2D eigenvalue weighted by Gasteiger charge is -2.15. The molecule has 0 amide bonds. The second-order valence-corrected chi connectivity index (χ2v) is 4.76. The van der Waals surface area contributed by atoms with Crippen LogP contribution < -0.4 is 9.47 Å². The Labute approximate surface area is 114 Å². The number of halogens is 1. The van der Waals surface area contributed by atoms with E-state index in [0.717, 1.165) is 5.56 Å². The normalized spacial score (nSPS) is 11.8. The van der Waals surface area contributed by atoms with E-state index in [0.29, 0.717) is 17.1 Å². The first-order valence-corrected chi connectivity index (χ1v) is 6.25. The van der Waals surface area contributed by atoms with Gasteiger partial charge in [0.15, 0.2) is 5.78 Å². The number of ketones is 2. The first kappa shape index (κ1) is 14.7. The van der Waals surface area contributed by atoms with Crippen LogP contribution in [0.5, 0.6) is 11.5 Å². The molecule has 0 spiro atoms. The second kappa shape index (κ2) is 6.00. The van der Waals surface area contributed by atoms with Crippen LogP contribution in [-0.4, -0.2) is 25.8 Å². The molecule has 0 heterocycles. The van der Waals surface area contributed by atoms with Gasteiger partial charge in [-0.3, -0.25) is 9.59 Å². The number of benzene rings is 1. The Bertz CT molecular complexity index is 482. The van der Waals surface area contributed by atoms with E-state index >= 15 is 0 Å². The molecule has 0 fully saturated rings. The van der Waals surface area contributed by atoms with Crippen LogP contribution >= 0.6 is 15.9 Å². The Kier molecular flexibility index (Phi) is 4.90. The highest BCUT2D eigenvalue weighted by Gasteiger charge is 2.25. The summed E-state index contributed by atoms with van der Waals surface area (Å²) in [6, 6.07) is 3.48. The molecule has 0 aliphatic rings. The average molecular weight is 315 g/mol. The number of carbonyl (C=O) groups is 2. The van der Waals surface area contributed by atoms with Crippen LogP contribution in [0.2, 0.25) is 0 Å². The van der Waals surface area contributed by atoms with Gasteiger partial charge in [-0.15, -0.1) is 0 Å². The Morgan fingerprint density at radius 2 is 1.72 bits per heavy atom. The maximum Gasteiger partial charge on any atom is 0.216 e. The molecule has 1 atom stereocenters. The highest BCUT2D eigenvalue weighted by Crippen LogP contribution is 2.36. The standard InChI is InChI=1S/C13H15BrO4/c1-7-5-11(18-4)9(6-10(7)17-3)12(14)13(16)8(2)15/h5-6,12H,1-4H3. The van der Waals surface area contributed by atoms with Gasteiger partial charge in [-0.2, -0.15) is 0 Å². The topological polar surface area (TPSA) is 52.6 Å². The van der Waals surface area contributed by atoms with E-state index in [1.165, 1.54) is 14.0 Å². The molecule has 1 rings (SSSR count). The quantitative estimate of drug-likeness (QED) is 0.619. The number of aryl methyl sites for hydroxylation is 1. The van der Waals surface area contributed by atoms with Gasteiger partial charge in [0.2, 0.25) is 5.78 Å². The van der Waals surface area contributed by atoms with Crippen molar-refractivity contribution in [3.8, 4) is 11.5 Å². The van der Waals surface area contributed by atoms with Gasteiger partial charge >= 0.3 is 0 Å². The lowest BCUT2D eigenvalue weighted by atomic mass is 10.0. The highest BCUT2D eigenvalue weighted by molar-refractivity contribution is 9.09. The fourth-order valence-corrected chi connectivity index (χ4v) is 2.27. The van der Waals surface area contributed by atoms with Crippen LogP contribution in [0.25, 0.3) is 0 Å². The lowest BCUT2D eigenvalue weighted by molar-refractivity contribution is -0.135. The summed E-state index contributed by atoms with van der Waals surface area (Å²) in [7, 11) is 3.07. The van der Waals surface area contributed by atoms with Crippen molar-refractivity contribution in [1.82, 2.24) is 0 Å². The fourth-order valence-electron chi connectivity index (χ4n) is 1.59. The number of methoxy groups -OCH3 is 2. The number of hydrogen-bond donors (Lipinski definition) is 0. The monoisotopic (exact) mass is 314 g/mol. The van der Waals surface area contributed by atoms with Gasteiger partial charge in [0.1, 0.15) is 16.3 Å². The molecule has 0 bridgehead atoms. The van der Waals surface area contributed by atoms with Crippen LogP contribution in [0.1, 0.15) is 22.9 Å². The summed E-state index contributed by atoms with van der Waals surface area (Å²) in [6.07, 6.45) is 0. The average Bonchev–Trinajstić information content (AvgIpc) is 2.36. The van der Waals surface area contributed by atoms with Crippen LogP contribution in [0.3, 0.4) is 0 Å². The minimum absolute atomic E-state index is 0.501. The number of ether oxygens (including phenoxy) is 2. The van der Waals surface area contributed by atoms with Gasteiger partial charge < -0.3 is 9.47 Å². The Balaban J connectivity index is 3.29. The Morgan fingerprint density at radius 1 is 1.17 bits per heavy atom. The molecular weight excluding hydrogens is 300 g/mol. The molecule has 0 N–H and O–H groups in total. The van der Waals surface area contributed by atoms with Gasteiger partial charge in [-0.25, -0.2) is 0 Å². The predicted molar refractivity (Wildman–Crippen MR) is 71.6 cm³/mol. The van der Waals surface area contributed by atoms with E-state index in [4.69, 9.17) is 9.47 Å². The SMILES string of the molecule is COc1cc(C(Br)C(=O)C(C)=O)c(OC)cc1C. The van der Waals surface area contributed by atoms with Crippen molar-refractivity contribution < 1.29 is 19.1 Å². The molecular formula is C13H15BrO4. The molecule has 0 saturated heterocycles. The van der Waals surface area contributed by atoms with Crippen LogP contribution in [0.4, 0.5) is 0 Å². The first-order chi connectivity index (χ1) is 8.42. The van der Waals surface area contributed by atoms with Crippen molar-refractivity contribution in [3.63, 3.8) is 0 Å². The molecule has 0 aliphatic carbocycles. The molecule has 98 valence electrons. The maximum atomic E-state index is 11.7. The summed E-state index contributed by atoms with van der Waals surface area (Å²) in [5.41, 5.74) is 1.48. The van der Waals surface area contributed by atoms with E-state index < -0.39 is 16.4 Å². The largest absolute Gasteiger partial charge is 0.496 e. The Morgan fingerprint density at radius 3 is 2.17 bits per heavy atom. The molecule has 4 nitrogen and oxygen atoms in total. The van der Waals surface area contributed by atoms with Crippen LogP contribution in [-0.2, 0) is 9.59 Å². The first-order valence-electron chi connectivity index (χ1n) is 5.33. The third-order valence-electron chi connectivity index (χ3n) is 2.60. The molecule has 18 heavy (non-hydrogen) atoms. The zero-order valence-electron chi connectivity index (χ0n) is 10.7. The molecule has 0 saturated carbocycles. The van der Waals surface area contributed by atoms with Crippen LogP contribution in [0.15, 0.2) is 12.1 Å². The number of carbonyl (C=O) groups excluding carboxylic acids is 2. The summed E-state index contributed by atoms with van der Waals surface area (Å²) in [5, 5.41) is 0.